The maximum Gasteiger partial charge on any atom is 0.234 e. The first-order chi connectivity index (χ1) is 8.35. The van der Waals surface area contributed by atoms with E-state index in [0.29, 0.717) is 6.04 Å². The van der Waals surface area contributed by atoms with E-state index < -0.39 is 0 Å². The van der Waals surface area contributed by atoms with Crippen LogP contribution in [0.4, 0.5) is 0 Å². The molecule has 1 fully saturated rings. The summed E-state index contributed by atoms with van der Waals surface area (Å²) in [6.45, 7) is 10.5. The smallest absolute Gasteiger partial charge is 0.234 e. The Morgan fingerprint density at radius 3 is 2.61 bits per heavy atom. The minimum absolute atomic E-state index is 0.0999. The van der Waals surface area contributed by atoms with Crippen LogP contribution in [0.15, 0.2) is 0 Å². The number of hydrogen-bond donors (Lipinski definition) is 2. The molecule has 0 spiro atoms. The standard InChI is InChI=1S/C14H29N3O/c1-5-12(13(15)18)17-9-7-6-8-11(17)10-16-14(2,3)4/h11-12,16H,5-10H2,1-4H3,(H2,15,18). The van der Waals surface area contributed by atoms with Crippen molar-refractivity contribution in [3.63, 3.8) is 0 Å². The Labute approximate surface area is 111 Å². The van der Waals surface area contributed by atoms with E-state index in [1.54, 1.807) is 0 Å². The van der Waals surface area contributed by atoms with Crippen LogP contribution in [-0.2, 0) is 4.79 Å². The lowest BCUT2D eigenvalue weighted by molar-refractivity contribution is -0.124. The van der Waals surface area contributed by atoms with Gasteiger partial charge in [-0.05, 0) is 46.6 Å². The number of rotatable bonds is 5. The Morgan fingerprint density at radius 2 is 2.11 bits per heavy atom. The van der Waals surface area contributed by atoms with Gasteiger partial charge in [0.2, 0.25) is 5.91 Å². The molecule has 0 aromatic carbocycles. The molecule has 18 heavy (non-hydrogen) atoms. The molecule has 1 heterocycles. The predicted molar refractivity (Wildman–Crippen MR) is 75.4 cm³/mol. The van der Waals surface area contributed by atoms with Crippen LogP contribution < -0.4 is 11.1 Å². The SMILES string of the molecule is CCC(C(N)=O)N1CCCCC1CNC(C)(C)C. The van der Waals surface area contributed by atoms with E-state index in [2.05, 4.69) is 31.0 Å². The molecule has 0 aromatic heterocycles. The zero-order valence-electron chi connectivity index (χ0n) is 12.3. The fourth-order valence-corrected chi connectivity index (χ4v) is 2.68. The van der Waals surface area contributed by atoms with Crippen molar-refractivity contribution in [1.82, 2.24) is 10.2 Å². The second-order valence-corrected chi connectivity index (χ2v) is 6.34. The highest BCUT2D eigenvalue weighted by Crippen LogP contribution is 2.21. The highest BCUT2D eigenvalue weighted by atomic mass is 16.1. The molecule has 0 aliphatic carbocycles. The highest BCUT2D eigenvalue weighted by Gasteiger charge is 2.31. The van der Waals surface area contributed by atoms with E-state index in [1.165, 1.54) is 12.8 Å². The van der Waals surface area contributed by atoms with Crippen molar-refractivity contribution in [3.8, 4) is 0 Å². The zero-order valence-corrected chi connectivity index (χ0v) is 12.3. The normalized spacial score (nSPS) is 23.9. The van der Waals surface area contributed by atoms with Crippen molar-refractivity contribution in [3.05, 3.63) is 0 Å². The van der Waals surface area contributed by atoms with Gasteiger partial charge in [-0.25, -0.2) is 0 Å². The number of nitrogens with zero attached hydrogens (tertiary/aromatic N) is 1. The van der Waals surface area contributed by atoms with Crippen molar-refractivity contribution in [2.24, 2.45) is 5.73 Å². The number of piperidine rings is 1. The Hall–Kier alpha value is -0.610. The Morgan fingerprint density at radius 1 is 1.44 bits per heavy atom. The van der Waals surface area contributed by atoms with Gasteiger partial charge in [-0.1, -0.05) is 13.3 Å². The van der Waals surface area contributed by atoms with Gasteiger partial charge in [-0.2, -0.15) is 0 Å². The van der Waals surface area contributed by atoms with Crippen LogP contribution in [-0.4, -0.2) is 41.5 Å². The van der Waals surface area contributed by atoms with Gasteiger partial charge in [0.05, 0.1) is 6.04 Å². The van der Waals surface area contributed by atoms with Crippen LogP contribution in [0.1, 0.15) is 53.4 Å². The number of carbonyl (C=O) groups is 1. The summed E-state index contributed by atoms with van der Waals surface area (Å²) in [5.74, 6) is -0.180. The van der Waals surface area contributed by atoms with E-state index in [-0.39, 0.29) is 17.5 Å². The molecule has 2 atom stereocenters. The maximum absolute atomic E-state index is 11.5. The van der Waals surface area contributed by atoms with E-state index in [4.69, 9.17) is 5.73 Å². The molecule has 4 heteroatoms. The van der Waals surface area contributed by atoms with Crippen molar-refractivity contribution in [2.45, 2.75) is 71.0 Å². The lowest BCUT2D eigenvalue weighted by Crippen LogP contribution is -2.56. The molecule has 1 amide bonds. The number of primary amides is 1. The molecule has 2 unspecified atom stereocenters. The van der Waals surface area contributed by atoms with Crippen molar-refractivity contribution in [1.29, 1.82) is 0 Å². The number of amides is 1. The van der Waals surface area contributed by atoms with E-state index >= 15 is 0 Å². The van der Waals surface area contributed by atoms with Crippen molar-refractivity contribution >= 4 is 5.91 Å². The Kier molecular flexibility index (Phi) is 5.60. The summed E-state index contributed by atoms with van der Waals surface area (Å²) in [6, 6.07) is 0.340. The summed E-state index contributed by atoms with van der Waals surface area (Å²) in [4.78, 5) is 13.8. The second kappa shape index (κ2) is 6.53. The molecule has 3 N–H and O–H groups in total. The number of hydrogen-bond acceptors (Lipinski definition) is 3. The first-order valence-electron chi connectivity index (χ1n) is 7.15. The van der Waals surface area contributed by atoms with Gasteiger partial charge < -0.3 is 11.1 Å². The highest BCUT2D eigenvalue weighted by molar-refractivity contribution is 5.79. The fourth-order valence-electron chi connectivity index (χ4n) is 2.68. The third-order valence-corrected chi connectivity index (χ3v) is 3.66. The van der Waals surface area contributed by atoms with Crippen LogP contribution in [0.2, 0.25) is 0 Å². The molecule has 106 valence electrons. The Balaban J connectivity index is 2.64. The topological polar surface area (TPSA) is 58.4 Å². The van der Waals surface area contributed by atoms with Gasteiger partial charge >= 0.3 is 0 Å². The predicted octanol–water partition coefficient (Wildman–Crippen LogP) is 1.49. The maximum atomic E-state index is 11.5. The van der Waals surface area contributed by atoms with Crippen LogP contribution >= 0.6 is 0 Å². The fraction of sp³-hybridized carbons (Fsp3) is 0.929. The monoisotopic (exact) mass is 255 g/mol. The molecular formula is C14H29N3O. The average molecular weight is 255 g/mol. The van der Waals surface area contributed by atoms with Gasteiger partial charge in [0.25, 0.3) is 0 Å². The minimum atomic E-state index is -0.180. The summed E-state index contributed by atoms with van der Waals surface area (Å²) in [5.41, 5.74) is 5.64. The number of carbonyl (C=O) groups excluding carboxylic acids is 1. The van der Waals surface area contributed by atoms with Gasteiger partial charge in [-0.15, -0.1) is 0 Å². The number of likely N-dealkylation sites (tertiary alicyclic amines) is 1. The van der Waals surface area contributed by atoms with Crippen molar-refractivity contribution in [2.75, 3.05) is 13.1 Å². The number of nitrogens with one attached hydrogen (secondary N) is 1. The second-order valence-electron chi connectivity index (χ2n) is 6.34. The minimum Gasteiger partial charge on any atom is -0.368 e. The first-order valence-corrected chi connectivity index (χ1v) is 7.15. The summed E-state index contributed by atoms with van der Waals surface area (Å²) in [7, 11) is 0. The van der Waals surface area contributed by atoms with E-state index in [0.717, 1.165) is 25.9 Å². The first kappa shape index (κ1) is 15.4. The lowest BCUT2D eigenvalue weighted by Gasteiger charge is -2.41. The molecule has 0 saturated carbocycles. The average Bonchev–Trinajstić information content (AvgIpc) is 2.27. The van der Waals surface area contributed by atoms with Gasteiger partial charge in [0.1, 0.15) is 0 Å². The number of nitrogens with two attached hydrogens (primary N) is 1. The van der Waals surface area contributed by atoms with Gasteiger partial charge in [0.15, 0.2) is 0 Å². The third-order valence-electron chi connectivity index (χ3n) is 3.66. The summed E-state index contributed by atoms with van der Waals surface area (Å²) in [6.07, 6.45) is 4.40. The van der Waals surface area contributed by atoms with E-state index in [9.17, 15) is 4.79 Å². The summed E-state index contributed by atoms with van der Waals surface area (Å²) in [5, 5.41) is 3.55. The van der Waals surface area contributed by atoms with Crippen LogP contribution in [0, 0.1) is 0 Å². The van der Waals surface area contributed by atoms with Gasteiger partial charge in [0, 0.05) is 18.1 Å². The van der Waals surface area contributed by atoms with E-state index in [1.807, 2.05) is 6.92 Å². The molecule has 1 aliphatic heterocycles. The molecule has 0 bridgehead atoms. The van der Waals surface area contributed by atoms with Crippen LogP contribution in [0.5, 0.6) is 0 Å². The molecule has 4 nitrogen and oxygen atoms in total. The van der Waals surface area contributed by atoms with Crippen LogP contribution in [0.3, 0.4) is 0 Å². The Bertz CT molecular complexity index is 273. The van der Waals surface area contributed by atoms with Gasteiger partial charge in [-0.3, -0.25) is 9.69 Å². The molecule has 1 aliphatic rings. The third kappa shape index (κ3) is 4.58. The zero-order chi connectivity index (χ0) is 13.8. The molecular weight excluding hydrogens is 226 g/mol. The molecule has 1 rings (SSSR count). The molecule has 0 aromatic rings. The summed E-state index contributed by atoms with van der Waals surface area (Å²) >= 11 is 0. The van der Waals surface area contributed by atoms with Crippen LogP contribution in [0.25, 0.3) is 0 Å². The molecule has 1 saturated heterocycles. The molecule has 0 radical (unpaired) electrons. The largest absolute Gasteiger partial charge is 0.368 e. The lowest BCUT2D eigenvalue weighted by atomic mass is 9.97. The summed E-state index contributed by atoms with van der Waals surface area (Å²) < 4.78 is 0. The van der Waals surface area contributed by atoms with Crippen molar-refractivity contribution < 1.29 is 4.79 Å². The quantitative estimate of drug-likeness (QED) is 0.782.